The summed E-state index contributed by atoms with van der Waals surface area (Å²) in [6, 6.07) is 5.59. The smallest absolute Gasteiger partial charge is 0.268 e. The average molecular weight is 413 g/mol. The lowest BCUT2D eigenvalue weighted by Crippen LogP contribution is -2.18. The highest BCUT2D eigenvalue weighted by Gasteiger charge is 2.25. The topological polar surface area (TPSA) is 98.0 Å². The van der Waals surface area contributed by atoms with Crippen LogP contribution in [0.1, 0.15) is 55.4 Å². The summed E-state index contributed by atoms with van der Waals surface area (Å²) in [6.07, 6.45) is 6.75. The van der Waals surface area contributed by atoms with E-state index in [0.717, 1.165) is 48.2 Å². The number of amides is 2. The summed E-state index contributed by atoms with van der Waals surface area (Å²) < 4.78 is 0. The second-order valence-corrected chi connectivity index (χ2v) is 8.84. The van der Waals surface area contributed by atoms with Gasteiger partial charge in [-0.15, -0.1) is 22.7 Å². The van der Waals surface area contributed by atoms with Crippen molar-refractivity contribution < 1.29 is 9.59 Å². The third-order valence-corrected chi connectivity index (χ3v) is 7.17. The number of thiazole rings is 1. The van der Waals surface area contributed by atoms with Crippen molar-refractivity contribution in [3.63, 3.8) is 0 Å². The van der Waals surface area contributed by atoms with Gasteiger partial charge in [0.15, 0.2) is 0 Å². The molecule has 3 N–H and O–H groups in total. The molecule has 3 aromatic rings. The first kappa shape index (κ1) is 18.8. The molecular weight excluding hydrogens is 392 g/mol. The number of carbonyl (C=O) groups excluding carboxylic acids is 2. The lowest BCUT2D eigenvalue weighted by Gasteiger charge is -2.05. The van der Waals surface area contributed by atoms with Gasteiger partial charge in [-0.1, -0.05) is 12.5 Å². The minimum atomic E-state index is -0.482. The Labute approximate surface area is 170 Å². The van der Waals surface area contributed by atoms with Crippen LogP contribution in [0.4, 0.5) is 5.00 Å². The van der Waals surface area contributed by atoms with Crippen LogP contribution in [0.15, 0.2) is 24.4 Å². The number of carbonyl (C=O) groups is 2. The van der Waals surface area contributed by atoms with Crippen molar-refractivity contribution in [2.75, 3.05) is 5.32 Å². The molecule has 0 unspecified atom stereocenters. The van der Waals surface area contributed by atoms with Crippen LogP contribution in [0.25, 0.3) is 10.7 Å². The fourth-order valence-electron chi connectivity index (χ4n) is 3.46. The molecule has 6 nitrogen and oxygen atoms in total. The summed E-state index contributed by atoms with van der Waals surface area (Å²) in [5.74, 6) is -0.749. The Morgan fingerprint density at radius 3 is 2.71 bits per heavy atom. The SMILES string of the molecule is Cc1nc(-c2ccccn2)sc1C(=O)Nc1sc2c(c1C(N)=O)CCCCC2. The van der Waals surface area contributed by atoms with E-state index >= 15 is 0 Å². The summed E-state index contributed by atoms with van der Waals surface area (Å²) in [6.45, 7) is 1.80. The van der Waals surface area contributed by atoms with Crippen LogP contribution in [-0.2, 0) is 12.8 Å². The van der Waals surface area contributed by atoms with Crippen LogP contribution in [0.5, 0.6) is 0 Å². The number of nitrogens with zero attached hydrogens (tertiary/aromatic N) is 2. The number of pyridine rings is 1. The molecule has 1 aliphatic carbocycles. The zero-order valence-electron chi connectivity index (χ0n) is 15.4. The second kappa shape index (κ2) is 7.81. The van der Waals surface area contributed by atoms with Gasteiger partial charge in [-0.25, -0.2) is 4.98 Å². The van der Waals surface area contributed by atoms with Gasteiger partial charge >= 0.3 is 0 Å². The van der Waals surface area contributed by atoms with Crippen LogP contribution in [0.2, 0.25) is 0 Å². The number of aromatic nitrogens is 2. The maximum Gasteiger partial charge on any atom is 0.268 e. The van der Waals surface area contributed by atoms with Crippen molar-refractivity contribution in [1.82, 2.24) is 9.97 Å². The molecule has 0 fully saturated rings. The van der Waals surface area contributed by atoms with Crippen LogP contribution in [0, 0.1) is 6.92 Å². The van der Waals surface area contributed by atoms with Crippen LogP contribution in [0.3, 0.4) is 0 Å². The molecule has 0 aliphatic heterocycles. The highest BCUT2D eigenvalue weighted by molar-refractivity contribution is 7.18. The Bertz CT molecular complexity index is 1040. The molecule has 1 aliphatic rings. The van der Waals surface area contributed by atoms with Gasteiger partial charge < -0.3 is 11.1 Å². The summed E-state index contributed by atoms with van der Waals surface area (Å²) in [5.41, 5.74) is 8.52. The quantitative estimate of drug-likeness (QED) is 0.628. The molecule has 3 aromatic heterocycles. The zero-order chi connectivity index (χ0) is 19.7. The molecule has 0 atom stereocenters. The van der Waals surface area contributed by atoms with Gasteiger partial charge in [0.25, 0.3) is 11.8 Å². The van der Waals surface area contributed by atoms with E-state index < -0.39 is 5.91 Å². The first-order valence-corrected chi connectivity index (χ1v) is 10.8. The normalized spacial score (nSPS) is 13.6. The van der Waals surface area contributed by atoms with Crippen molar-refractivity contribution >= 4 is 39.5 Å². The number of primary amides is 1. The Kier molecular flexibility index (Phi) is 5.23. The van der Waals surface area contributed by atoms with Gasteiger partial charge in [0, 0.05) is 11.1 Å². The second-order valence-electron chi connectivity index (χ2n) is 6.74. The van der Waals surface area contributed by atoms with E-state index in [2.05, 4.69) is 15.3 Å². The zero-order valence-corrected chi connectivity index (χ0v) is 17.1. The average Bonchev–Trinajstić information content (AvgIpc) is 3.15. The van der Waals surface area contributed by atoms with Crippen molar-refractivity contribution in [2.45, 2.75) is 39.0 Å². The summed E-state index contributed by atoms with van der Waals surface area (Å²) in [5, 5.41) is 4.17. The molecule has 4 rings (SSSR count). The highest BCUT2D eigenvalue weighted by Crippen LogP contribution is 2.38. The Balaban J connectivity index is 1.64. The van der Waals surface area contributed by atoms with Crippen molar-refractivity contribution in [3.8, 4) is 10.7 Å². The van der Waals surface area contributed by atoms with E-state index in [1.165, 1.54) is 22.7 Å². The van der Waals surface area contributed by atoms with Crippen molar-refractivity contribution in [2.24, 2.45) is 5.73 Å². The molecule has 0 aromatic carbocycles. The number of hydrogen-bond acceptors (Lipinski definition) is 6. The third kappa shape index (κ3) is 3.57. The van der Waals surface area contributed by atoms with E-state index in [4.69, 9.17) is 5.73 Å². The largest absolute Gasteiger partial charge is 0.365 e. The molecule has 0 bridgehead atoms. The van der Waals surface area contributed by atoms with Crippen molar-refractivity contribution in [1.29, 1.82) is 0 Å². The standard InChI is InChI=1S/C20H20N4O2S2/c1-11-16(28-19(23-11)13-8-5-6-10-22-13)18(26)24-20-15(17(21)25)12-7-3-2-4-9-14(12)27-20/h5-6,8,10H,2-4,7,9H2,1H3,(H2,21,25)(H,24,26). The number of hydrogen-bond donors (Lipinski definition) is 2. The van der Waals surface area contributed by atoms with Gasteiger partial charge in [0.2, 0.25) is 0 Å². The van der Waals surface area contributed by atoms with Crippen LogP contribution in [-0.4, -0.2) is 21.8 Å². The number of nitrogens with one attached hydrogen (secondary N) is 1. The molecular formula is C20H20N4O2S2. The minimum Gasteiger partial charge on any atom is -0.365 e. The van der Waals surface area contributed by atoms with Gasteiger partial charge in [-0.2, -0.15) is 0 Å². The number of fused-ring (bicyclic) bond motifs is 1. The molecule has 0 saturated heterocycles. The van der Waals surface area contributed by atoms with Gasteiger partial charge in [0.1, 0.15) is 14.9 Å². The molecule has 144 valence electrons. The monoisotopic (exact) mass is 412 g/mol. The molecule has 0 saturated carbocycles. The Morgan fingerprint density at radius 1 is 1.14 bits per heavy atom. The Hall–Kier alpha value is -2.58. The third-order valence-electron chi connectivity index (χ3n) is 4.78. The predicted molar refractivity (Wildman–Crippen MR) is 112 cm³/mol. The first-order chi connectivity index (χ1) is 13.5. The number of nitrogens with two attached hydrogens (primary N) is 1. The van der Waals surface area contributed by atoms with E-state index in [-0.39, 0.29) is 5.91 Å². The van der Waals surface area contributed by atoms with E-state index in [9.17, 15) is 9.59 Å². The van der Waals surface area contributed by atoms with Crippen molar-refractivity contribution in [3.05, 3.63) is 51.0 Å². The summed E-state index contributed by atoms with van der Waals surface area (Å²) in [7, 11) is 0. The maximum atomic E-state index is 12.9. The number of rotatable bonds is 4. The number of thiophene rings is 1. The number of aryl methyl sites for hydroxylation is 2. The van der Waals surface area contributed by atoms with E-state index in [1.807, 2.05) is 18.2 Å². The first-order valence-electron chi connectivity index (χ1n) is 9.19. The molecule has 8 heteroatoms. The molecule has 3 heterocycles. The summed E-state index contributed by atoms with van der Waals surface area (Å²) in [4.78, 5) is 35.5. The lowest BCUT2D eigenvalue weighted by atomic mass is 10.1. The molecule has 0 spiro atoms. The van der Waals surface area contributed by atoms with Gasteiger partial charge in [-0.05, 0) is 50.3 Å². The van der Waals surface area contributed by atoms with Gasteiger partial charge in [0.05, 0.1) is 17.0 Å². The molecule has 2 amide bonds. The van der Waals surface area contributed by atoms with Gasteiger partial charge in [-0.3, -0.25) is 14.6 Å². The molecule has 28 heavy (non-hydrogen) atoms. The molecule has 0 radical (unpaired) electrons. The van der Waals surface area contributed by atoms with E-state index in [1.54, 1.807) is 13.1 Å². The summed E-state index contributed by atoms with van der Waals surface area (Å²) >= 11 is 2.77. The fourth-order valence-corrected chi connectivity index (χ4v) is 5.69. The van der Waals surface area contributed by atoms with E-state index in [0.29, 0.717) is 26.1 Å². The van der Waals surface area contributed by atoms with Crippen LogP contribution >= 0.6 is 22.7 Å². The predicted octanol–water partition coefficient (Wildman–Crippen LogP) is 4.20. The lowest BCUT2D eigenvalue weighted by molar-refractivity contribution is 0.100. The minimum absolute atomic E-state index is 0.268. The highest BCUT2D eigenvalue weighted by atomic mass is 32.1. The number of anilines is 1. The fraction of sp³-hybridized carbons (Fsp3) is 0.300. The Morgan fingerprint density at radius 2 is 1.96 bits per heavy atom. The van der Waals surface area contributed by atoms with Crippen LogP contribution < -0.4 is 11.1 Å². The maximum absolute atomic E-state index is 12.9.